The number of ketones is 2. The summed E-state index contributed by atoms with van der Waals surface area (Å²) < 4.78 is 6.52. The van der Waals surface area contributed by atoms with Crippen LogP contribution in [-0.4, -0.2) is 76.5 Å². The lowest BCUT2D eigenvalue weighted by Crippen LogP contribution is -2.47. The first-order valence-corrected chi connectivity index (χ1v) is 12.8. The molecule has 3 aromatic rings. The van der Waals surface area contributed by atoms with Crippen LogP contribution in [0.3, 0.4) is 0 Å². The van der Waals surface area contributed by atoms with Gasteiger partial charge in [0.2, 0.25) is 17.3 Å². The summed E-state index contributed by atoms with van der Waals surface area (Å²) in [6.45, 7) is 8.53. The molecule has 3 heterocycles. The fraction of sp³-hybridized carbons (Fsp3) is 0.407. The smallest absolute Gasteiger partial charge is 0.339 e. The summed E-state index contributed by atoms with van der Waals surface area (Å²) in [6, 6.07) is 10.2. The topological polar surface area (TPSA) is 125 Å². The molecule has 11 nitrogen and oxygen atoms in total. The second-order valence-corrected chi connectivity index (χ2v) is 9.96. The van der Waals surface area contributed by atoms with Gasteiger partial charge in [-0.3, -0.25) is 14.5 Å². The Morgan fingerprint density at radius 3 is 2.39 bits per heavy atom. The van der Waals surface area contributed by atoms with E-state index in [1.807, 2.05) is 19.9 Å². The molecule has 0 amide bonds. The molecule has 2 aromatic heterocycles. The molecule has 0 atom stereocenters. The molecule has 0 unspecified atom stereocenters. The summed E-state index contributed by atoms with van der Waals surface area (Å²) in [5.74, 6) is -0.0261. The highest BCUT2D eigenvalue weighted by Crippen LogP contribution is 2.25. The zero-order valence-corrected chi connectivity index (χ0v) is 21.5. The van der Waals surface area contributed by atoms with E-state index >= 15 is 0 Å². The number of carbonyl (C=O) groups is 3. The molecule has 5 rings (SSSR count). The number of fused-ring (bicyclic) bond motifs is 2. The van der Waals surface area contributed by atoms with Crippen molar-refractivity contribution in [2.75, 3.05) is 44.2 Å². The molecule has 1 aromatic carbocycles. The van der Waals surface area contributed by atoms with Gasteiger partial charge in [-0.15, -0.1) is 4.68 Å². The highest BCUT2D eigenvalue weighted by molar-refractivity contribution is 6.26. The van der Waals surface area contributed by atoms with Gasteiger partial charge in [-0.2, -0.15) is 0 Å². The number of carbonyl (C=O) groups excluding carboxylic acids is 3. The van der Waals surface area contributed by atoms with E-state index in [4.69, 9.17) is 4.74 Å². The minimum Gasteiger partial charge on any atom is -0.571 e. The summed E-state index contributed by atoms with van der Waals surface area (Å²) in [5.41, 5.74) is 1.01. The monoisotopic (exact) mass is 518 g/mol. The Hall–Kier alpha value is -4.12. The van der Waals surface area contributed by atoms with E-state index in [0.29, 0.717) is 29.1 Å². The molecule has 1 saturated heterocycles. The third kappa shape index (κ3) is 5.01. The van der Waals surface area contributed by atoms with Gasteiger partial charge in [0.15, 0.2) is 5.69 Å². The maximum Gasteiger partial charge on any atom is 0.339 e. The number of pyridine rings is 1. The molecule has 0 bridgehead atoms. The predicted molar refractivity (Wildman–Crippen MR) is 137 cm³/mol. The zero-order valence-electron chi connectivity index (χ0n) is 21.5. The fourth-order valence-electron chi connectivity index (χ4n) is 4.77. The number of rotatable bonds is 8. The Balaban J connectivity index is 1.14. The molecule has 0 radical (unpaired) electrons. The zero-order chi connectivity index (χ0) is 26.8. The third-order valence-corrected chi connectivity index (χ3v) is 6.79. The highest BCUT2D eigenvalue weighted by Gasteiger charge is 2.39. The van der Waals surface area contributed by atoms with Crippen molar-refractivity contribution in [3.63, 3.8) is 0 Å². The van der Waals surface area contributed by atoms with Crippen molar-refractivity contribution in [1.82, 2.24) is 19.7 Å². The van der Waals surface area contributed by atoms with Crippen LogP contribution in [0.25, 0.3) is 0 Å². The summed E-state index contributed by atoms with van der Waals surface area (Å²) in [4.78, 5) is 47.2. The van der Waals surface area contributed by atoms with Gasteiger partial charge in [-0.25, -0.2) is 9.78 Å². The number of hydrogen-bond acceptors (Lipinski definition) is 9. The lowest BCUT2D eigenvalue weighted by Gasteiger charge is -2.35. The number of ether oxygens (including phenoxy) is 1. The fourth-order valence-corrected chi connectivity index (χ4v) is 4.77. The van der Waals surface area contributed by atoms with Crippen LogP contribution in [-0.2, 0) is 11.3 Å². The first-order valence-electron chi connectivity index (χ1n) is 12.8. The average Bonchev–Trinajstić information content (AvgIpc) is 3.27. The number of nitrogens with zero attached hydrogens (tertiary/aromatic N) is 6. The molecule has 0 spiro atoms. The molecule has 38 heavy (non-hydrogen) atoms. The van der Waals surface area contributed by atoms with Crippen LogP contribution in [0.15, 0.2) is 42.6 Å². The molecule has 1 aliphatic heterocycles. The minimum atomic E-state index is -0.399. The molecule has 1 fully saturated rings. The molecule has 0 N–H and O–H groups in total. The maximum atomic E-state index is 13.0. The Bertz CT molecular complexity index is 1360. The van der Waals surface area contributed by atoms with Crippen LogP contribution in [0.2, 0.25) is 0 Å². The van der Waals surface area contributed by atoms with E-state index in [-0.39, 0.29) is 41.2 Å². The van der Waals surface area contributed by atoms with Crippen molar-refractivity contribution in [1.29, 1.82) is 0 Å². The van der Waals surface area contributed by atoms with Gasteiger partial charge in [0.05, 0.1) is 18.7 Å². The Kier molecular flexibility index (Phi) is 7.19. The number of benzene rings is 1. The molecular weight excluding hydrogens is 488 g/mol. The van der Waals surface area contributed by atoms with Gasteiger partial charge >= 0.3 is 5.97 Å². The van der Waals surface area contributed by atoms with E-state index in [1.54, 1.807) is 36.5 Å². The highest BCUT2D eigenvalue weighted by atomic mass is 16.5. The SMILES string of the molecule is CC(C)COC(=O)c1ccc(N2CCN(CCCn3c4c(n[n+]3[O-])C(=O)c3ccccc3C4=O)CC2)nc1. The molecule has 1 aliphatic carbocycles. The van der Waals surface area contributed by atoms with Gasteiger partial charge in [0.1, 0.15) is 5.82 Å². The quantitative estimate of drug-likeness (QED) is 0.195. The van der Waals surface area contributed by atoms with E-state index in [0.717, 1.165) is 38.5 Å². The van der Waals surface area contributed by atoms with Crippen LogP contribution in [0.4, 0.5) is 5.82 Å². The van der Waals surface area contributed by atoms with Gasteiger partial charge in [0.25, 0.3) is 0 Å². The summed E-state index contributed by atoms with van der Waals surface area (Å²) in [5, 5.41) is 16.3. The third-order valence-electron chi connectivity index (χ3n) is 6.79. The number of aromatic nitrogens is 4. The first-order chi connectivity index (χ1) is 18.3. The van der Waals surface area contributed by atoms with E-state index in [2.05, 4.69) is 19.9 Å². The number of piperazine rings is 1. The maximum absolute atomic E-state index is 13.0. The van der Waals surface area contributed by atoms with Crippen LogP contribution in [0, 0.1) is 11.1 Å². The second-order valence-electron chi connectivity index (χ2n) is 9.96. The average molecular weight is 519 g/mol. The molecule has 198 valence electrons. The molecule has 2 aliphatic rings. The van der Waals surface area contributed by atoms with Crippen molar-refractivity contribution in [3.8, 4) is 0 Å². The van der Waals surface area contributed by atoms with E-state index < -0.39 is 5.78 Å². The van der Waals surface area contributed by atoms with Crippen LogP contribution in [0.5, 0.6) is 0 Å². The number of anilines is 1. The van der Waals surface area contributed by atoms with E-state index in [9.17, 15) is 19.6 Å². The normalized spacial score (nSPS) is 15.5. The van der Waals surface area contributed by atoms with Crippen LogP contribution < -0.4 is 9.86 Å². The second kappa shape index (κ2) is 10.7. The predicted octanol–water partition coefficient (Wildman–Crippen LogP) is 1.71. The summed E-state index contributed by atoms with van der Waals surface area (Å²) in [6.07, 6.45) is 2.18. The summed E-state index contributed by atoms with van der Waals surface area (Å²) in [7, 11) is 0. The van der Waals surface area contributed by atoms with Crippen LogP contribution in [0.1, 0.15) is 62.7 Å². The standard InChI is InChI=1S/C27H30N6O5/c1-18(2)17-38-27(36)19-8-9-22(28-16-19)31-14-12-30(13-15-31)10-5-11-32-24-23(29-33(32)37)25(34)20-6-3-4-7-21(20)26(24)35/h3-4,6-9,16,18H,5,10-15,17H2,1-2H3. The number of hydrogen-bond donors (Lipinski definition) is 0. The lowest BCUT2D eigenvalue weighted by atomic mass is 9.90. The van der Waals surface area contributed by atoms with Crippen molar-refractivity contribution in [2.24, 2.45) is 5.92 Å². The first kappa shape index (κ1) is 25.5. The molecule has 0 saturated carbocycles. The van der Waals surface area contributed by atoms with Crippen LogP contribution >= 0.6 is 0 Å². The van der Waals surface area contributed by atoms with Gasteiger partial charge in [0, 0.05) is 60.1 Å². The Morgan fingerprint density at radius 1 is 1.03 bits per heavy atom. The van der Waals surface area contributed by atoms with E-state index in [1.165, 1.54) is 4.68 Å². The Morgan fingerprint density at radius 2 is 1.74 bits per heavy atom. The molecular formula is C27H30N6O5. The van der Waals surface area contributed by atoms with Gasteiger partial charge < -0.3 is 14.8 Å². The minimum absolute atomic E-state index is 0.0659. The van der Waals surface area contributed by atoms with Crippen molar-refractivity contribution in [2.45, 2.75) is 26.8 Å². The molecule has 11 heteroatoms. The number of esters is 1. The van der Waals surface area contributed by atoms with Gasteiger partial charge in [-0.05, 0) is 24.5 Å². The van der Waals surface area contributed by atoms with Crippen molar-refractivity contribution >= 4 is 23.4 Å². The Labute approximate surface area is 220 Å². The lowest BCUT2D eigenvalue weighted by molar-refractivity contribution is -0.749. The largest absolute Gasteiger partial charge is 0.571 e. The summed E-state index contributed by atoms with van der Waals surface area (Å²) >= 11 is 0. The van der Waals surface area contributed by atoms with Crippen molar-refractivity contribution in [3.05, 3.63) is 75.9 Å². The van der Waals surface area contributed by atoms with Crippen molar-refractivity contribution < 1.29 is 24.1 Å². The van der Waals surface area contributed by atoms with Gasteiger partial charge in [-0.1, -0.05) is 38.1 Å².